The Labute approximate surface area is 184 Å². The number of hydrogen-bond acceptors (Lipinski definition) is 1. The number of rotatable bonds is 2. The Morgan fingerprint density at radius 3 is 2.23 bits per heavy atom. The van der Waals surface area contributed by atoms with Gasteiger partial charge in [-0.25, -0.2) is 0 Å². The van der Waals surface area contributed by atoms with Gasteiger partial charge in [-0.05, 0) is 57.5 Å². The third-order valence-electron chi connectivity index (χ3n) is 6.98. The van der Waals surface area contributed by atoms with Gasteiger partial charge in [0.15, 0.2) is 0 Å². The van der Waals surface area contributed by atoms with E-state index in [0.29, 0.717) is 0 Å². The Kier molecular flexibility index (Phi) is 4.01. The summed E-state index contributed by atoms with van der Waals surface area (Å²) in [5.74, 6) is 0. The van der Waals surface area contributed by atoms with E-state index < -0.39 is 0 Å². The highest BCUT2D eigenvalue weighted by Gasteiger charge is 2.35. The Balaban J connectivity index is 1.44. The second kappa shape index (κ2) is 6.78. The summed E-state index contributed by atoms with van der Waals surface area (Å²) in [5, 5.41) is 0. The second-order valence-electron chi connectivity index (χ2n) is 9.15. The van der Waals surface area contributed by atoms with Crippen molar-refractivity contribution in [2.45, 2.75) is 25.7 Å². The van der Waals surface area contributed by atoms with Gasteiger partial charge in [0.2, 0.25) is 0 Å². The second-order valence-corrected chi connectivity index (χ2v) is 9.15. The number of benzene rings is 4. The van der Waals surface area contributed by atoms with Crippen LogP contribution in [0.15, 0.2) is 96.0 Å². The Hall–Kier alpha value is -3.45. The van der Waals surface area contributed by atoms with Crippen molar-refractivity contribution in [2.75, 3.05) is 6.54 Å². The van der Waals surface area contributed by atoms with E-state index in [0.717, 1.165) is 18.7 Å². The van der Waals surface area contributed by atoms with Crippen LogP contribution >= 0.6 is 0 Å². The van der Waals surface area contributed by atoms with Crippen molar-refractivity contribution in [1.29, 1.82) is 0 Å². The van der Waals surface area contributed by atoms with Gasteiger partial charge in [-0.15, -0.1) is 0 Å². The van der Waals surface area contributed by atoms with Gasteiger partial charge in [0, 0.05) is 23.1 Å². The van der Waals surface area contributed by atoms with Crippen LogP contribution in [0.2, 0.25) is 0 Å². The predicted molar refractivity (Wildman–Crippen MR) is 130 cm³/mol. The van der Waals surface area contributed by atoms with Gasteiger partial charge in [0.05, 0.1) is 5.71 Å². The molecule has 0 N–H and O–H groups in total. The van der Waals surface area contributed by atoms with Crippen molar-refractivity contribution in [3.05, 3.63) is 119 Å². The number of fused-ring (bicyclic) bond motifs is 4. The standard InChI is InChI=1S/C30H25N/c1-30(2)27-13-6-5-12-25(27)26-15-14-22(19-28(26)30)21-9-7-10-23(18-21)29-24-11-4-3-8-20(24)16-17-31-29/h3-15,18-19H,16-17H2,1-2H3. The summed E-state index contributed by atoms with van der Waals surface area (Å²) in [6.07, 6.45) is 1.03. The molecule has 0 fully saturated rings. The van der Waals surface area contributed by atoms with Crippen LogP contribution in [-0.4, -0.2) is 12.3 Å². The van der Waals surface area contributed by atoms with Crippen molar-refractivity contribution >= 4 is 5.71 Å². The zero-order valence-electron chi connectivity index (χ0n) is 18.0. The van der Waals surface area contributed by atoms with Gasteiger partial charge in [0.25, 0.3) is 0 Å². The SMILES string of the molecule is CC1(C)c2ccccc2-c2ccc(-c3cccc(C4=NCCc5ccccc54)c3)cc21. The number of hydrogen-bond donors (Lipinski definition) is 0. The first kappa shape index (κ1) is 18.3. The minimum atomic E-state index is 0.0198. The van der Waals surface area contributed by atoms with Gasteiger partial charge in [-0.1, -0.05) is 92.7 Å². The quantitative estimate of drug-likeness (QED) is 0.342. The van der Waals surface area contributed by atoms with Crippen molar-refractivity contribution in [3.8, 4) is 22.3 Å². The molecule has 0 atom stereocenters. The Morgan fingerprint density at radius 1 is 0.613 bits per heavy atom. The zero-order chi connectivity index (χ0) is 21.0. The summed E-state index contributed by atoms with van der Waals surface area (Å²) in [7, 11) is 0. The molecule has 1 nitrogen and oxygen atoms in total. The van der Waals surface area contributed by atoms with Crippen LogP contribution in [0.3, 0.4) is 0 Å². The molecule has 31 heavy (non-hydrogen) atoms. The zero-order valence-corrected chi connectivity index (χ0v) is 18.0. The molecule has 0 spiro atoms. The average molecular weight is 400 g/mol. The molecule has 1 aliphatic heterocycles. The van der Waals surface area contributed by atoms with E-state index in [1.807, 2.05) is 0 Å². The molecule has 1 heteroatoms. The molecule has 2 aliphatic rings. The lowest BCUT2D eigenvalue weighted by Gasteiger charge is -2.22. The molecule has 0 saturated heterocycles. The fourth-order valence-electron chi connectivity index (χ4n) is 5.32. The first-order chi connectivity index (χ1) is 15.1. The topological polar surface area (TPSA) is 12.4 Å². The first-order valence-electron chi connectivity index (χ1n) is 11.1. The molecule has 4 aromatic rings. The third kappa shape index (κ3) is 2.80. The Bertz CT molecular complexity index is 1360. The molecule has 0 radical (unpaired) electrons. The Morgan fingerprint density at radius 2 is 1.32 bits per heavy atom. The highest BCUT2D eigenvalue weighted by atomic mass is 14.7. The van der Waals surface area contributed by atoms with E-state index in [1.54, 1.807) is 0 Å². The van der Waals surface area contributed by atoms with Crippen LogP contribution < -0.4 is 0 Å². The monoisotopic (exact) mass is 399 g/mol. The van der Waals surface area contributed by atoms with Crippen LogP contribution in [0.4, 0.5) is 0 Å². The minimum absolute atomic E-state index is 0.0198. The largest absolute Gasteiger partial charge is 0.284 e. The number of aliphatic imine (C=N–C) groups is 1. The van der Waals surface area contributed by atoms with Crippen molar-refractivity contribution < 1.29 is 0 Å². The molecule has 0 amide bonds. The normalized spacial score (nSPS) is 15.6. The first-order valence-corrected chi connectivity index (χ1v) is 11.1. The molecule has 150 valence electrons. The van der Waals surface area contributed by atoms with Crippen LogP contribution in [-0.2, 0) is 11.8 Å². The van der Waals surface area contributed by atoms with Crippen molar-refractivity contribution in [2.24, 2.45) is 4.99 Å². The molecule has 6 rings (SSSR count). The van der Waals surface area contributed by atoms with E-state index in [1.165, 1.54) is 50.1 Å². The summed E-state index contributed by atoms with van der Waals surface area (Å²) in [6.45, 7) is 5.54. The maximum Gasteiger partial charge on any atom is 0.0722 e. The lowest BCUT2D eigenvalue weighted by atomic mass is 9.81. The van der Waals surface area contributed by atoms with Crippen molar-refractivity contribution in [3.63, 3.8) is 0 Å². The lowest BCUT2D eigenvalue weighted by molar-refractivity contribution is 0.660. The molecule has 0 unspecified atom stereocenters. The minimum Gasteiger partial charge on any atom is -0.284 e. The molecular formula is C30H25N. The van der Waals surface area contributed by atoms with Crippen LogP contribution in [0.5, 0.6) is 0 Å². The van der Waals surface area contributed by atoms with Crippen LogP contribution in [0.25, 0.3) is 22.3 Å². The van der Waals surface area contributed by atoms with E-state index in [-0.39, 0.29) is 5.41 Å². The molecule has 1 heterocycles. The maximum absolute atomic E-state index is 4.90. The van der Waals surface area contributed by atoms with Crippen molar-refractivity contribution in [1.82, 2.24) is 0 Å². The highest BCUT2D eigenvalue weighted by molar-refractivity contribution is 6.14. The van der Waals surface area contributed by atoms with Gasteiger partial charge in [-0.3, -0.25) is 4.99 Å². The molecular weight excluding hydrogens is 374 g/mol. The summed E-state index contributed by atoms with van der Waals surface area (Å²) in [4.78, 5) is 4.90. The van der Waals surface area contributed by atoms with Gasteiger partial charge >= 0.3 is 0 Å². The summed E-state index contributed by atoms with van der Waals surface area (Å²) in [5.41, 5.74) is 13.1. The van der Waals surface area contributed by atoms with E-state index in [9.17, 15) is 0 Å². The van der Waals surface area contributed by atoms with E-state index in [2.05, 4.69) is 105 Å². The van der Waals surface area contributed by atoms with Crippen LogP contribution in [0.1, 0.15) is 41.7 Å². The fraction of sp³-hybridized carbons (Fsp3) is 0.167. The number of nitrogens with zero attached hydrogens (tertiary/aromatic N) is 1. The molecule has 4 aromatic carbocycles. The molecule has 0 aromatic heterocycles. The summed E-state index contributed by atoms with van der Waals surface area (Å²) in [6, 6.07) is 33.3. The average Bonchev–Trinajstić information content (AvgIpc) is 3.05. The molecule has 1 aliphatic carbocycles. The maximum atomic E-state index is 4.90. The summed E-state index contributed by atoms with van der Waals surface area (Å²) >= 11 is 0. The van der Waals surface area contributed by atoms with E-state index >= 15 is 0 Å². The van der Waals surface area contributed by atoms with Gasteiger partial charge in [-0.2, -0.15) is 0 Å². The van der Waals surface area contributed by atoms with Gasteiger partial charge in [0.1, 0.15) is 0 Å². The fourth-order valence-corrected chi connectivity index (χ4v) is 5.32. The van der Waals surface area contributed by atoms with E-state index in [4.69, 9.17) is 4.99 Å². The highest BCUT2D eigenvalue weighted by Crippen LogP contribution is 2.49. The third-order valence-corrected chi connectivity index (χ3v) is 6.98. The smallest absolute Gasteiger partial charge is 0.0722 e. The molecule has 0 saturated carbocycles. The molecule has 0 bridgehead atoms. The predicted octanol–water partition coefficient (Wildman–Crippen LogP) is 7.05. The van der Waals surface area contributed by atoms with Gasteiger partial charge < -0.3 is 0 Å². The lowest BCUT2D eigenvalue weighted by Crippen LogP contribution is -2.15. The summed E-state index contributed by atoms with van der Waals surface area (Å²) < 4.78 is 0. The van der Waals surface area contributed by atoms with Crippen LogP contribution in [0, 0.1) is 0 Å².